The number of hydrogen-bond acceptors (Lipinski definition) is 9. The molecular formula is C20H22O9. The summed E-state index contributed by atoms with van der Waals surface area (Å²) in [5.41, 5.74) is -0.930. The zero-order valence-electron chi connectivity index (χ0n) is 16.3. The fourth-order valence-electron chi connectivity index (χ4n) is 3.62. The van der Waals surface area contributed by atoms with Gasteiger partial charge in [0.25, 0.3) is 0 Å². The van der Waals surface area contributed by atoms with Crippen molar-refractivity contribution >= 4 is 23.9 Å². The molecule has 0 radical (unpaired) electrons. The molecule has 1 aliphatic heterocycles. The van der Waals surface area contributed by atoms with Crippen molar-refractivity contribution in [3.8, 4) is 0 Å². The summed E-state index contributed by atoms with van der Waals surface area (Å²) >= 11 is 0. The van der Waals surface area contributed by atoms with E-state index in [1.807, 2.05) is 0 Å². The van der Waals surface area contributed by atoms with Crippen LogP contribution in [0.25, 0.3) is 0 Å². The molecule has 1 saturated carbocycles. The lowest BCUT2D eigenvalue weighted by Crippen LogP contribution is -2.62. The molecule has 1 aliphatic carbocycles. The highest BCUT2D eigenvalue weighted by atomic mass is 16.8. The summed E-state index contributed by atoms with van der Waals surface area (Å²) in [5.74, 6) is -2.54. The molecule has 1 saturated heterocycles. The van der Waals surface area contributed by atoms with Crippen LogP contribution >= 0.6 is 0 Å². The third kappa shape index (κ3) is 4.24. The van der Waals surface area contributed by atoms with Crippen molar-refractivity contribution in [2.45, 2.75) is 63.8 Å². The van der Waals surface area contributed by atoms with Gasteiger partial charge in [-0.3, -0.25) is 14.4 Å². The van der Waals surface area contributed by atoms with E-state index in [1.165, 1.54) is 20.8 Å². The van der Waals surface area contributed by atoms with Gasteiger partial charge in [-0.2, -0.15) is 0 Å². The first-order valence-corrected chi connectivity index (χ1v) is 9.18. The smallest absolute Gasteiger partial charge is 0.338 e. The van der Waals surface area contributed by atoms with E-state index in [9.17, 15) is 19.2 Å². The first-order chi connectivity index (χ1) is 13.7. The van der Waals surface area contributed by atoms with E-state index in [0.717, 1.165) is 0 Å². The Morgan fingerprint density at radius 3 is 2.03 bits per heavy atom. The van der Waals surface area contributed by atoms with Crippen LogP contribution in [0.4, 0.5) is 0 Å². The molecule has 29 heavy (non-hydrogen) atoms. The van der Waals surface area contributed by atoms with Gasteiger partial charge in [-0.1, -0.05) is 18.2 Å². The van der Waals surface area contributed by atoms with Crippen LogP contribution in [0.1, 0.15) is 44.0 Å². The molecule has 9 heteroatoms. The van der Waals surface area contributed by atoms with Gasteiger partial charge in [0.15, 0.2) is 11.7 Å². The molecule has 0 amide bonds. The lowest BCUT2D eigenvalue weighted by Gasteiger charge is -2.47. The van der Waals surface area contributed by atoms with Crippen molar-refractivity contribution in [1.29, 1.82) is 0 Å². The van der Waals surface area contributed by atoms with Gasteiger partial charge in [-0.25, -0.2) is 4.79 Å². The Kier molecular flexibility index (Phi) is 5.88. The first-order valence-electron chi connectivity index (χ1n) is 9.18. The van der Waals surface area contributed by atoms with Gasteiger partial charge in [0.05, 0.1) is 5.56 Å². The summed E-state index contributed by atoms with van der Waals surface area (Å²) in [4.78, 5) is 47.2. The van der Waals surface area contributed by atoms with Crippen LogP contribution in [0, 0.1) is 0 Å². The Hall–Kier alpha value is -2.94. The Balaban J connectivity index is 1.87. The maximum Gasteiger partial charge on any atom is 0.338 e. The zero-order chi connectivity index (χ0) is 21.2. The summed E-state index contributed by atoms with van der Waals surface area (Å²) in [6.07, 6.45) is -3.56. The fourth-order valence-corrected chi connectivity index (χ4v) is 3.62. The summed E-state index contributed by atoms with van der Waals surface area (Å²) in [7, 11) is 0. The van der Waals surface area contributed by atoms with Gasteiger partial charge in [-0.15, -0.1) is 0 Å². The topological polar surface area (TPSA) is 114 Å². The predicted octanol–water partition coefficient (Wildman–Crippen LogP) is 1.53. The highest BCUT2D eigenvalue weighted by molar-refractivity contribution is 5.89. The van der Waals surface area contributed by atoms with Gasteiger partial charge in [0.2, 0.25) is 12.4 Å². The lowest BCUT2D eigenvalue weighted by molar-refractivity contribution is -0.246. The van der Waals surface area contributed by atoms with Gasteiger partial charge >= 0.3 is 23.9 Å². The van der Waals surface area contributed by atoms with Gasteiger partial charge < -0.3 is 23.7 Å². The molecule has 1 heterocycles. The van der Waals surface area contributed by atoms with Gasteiger partial charge in [0.1, 0.15) is 6.10 Å². The number of carbonyl (C=O) groups excluding carboxylic acids is 4. The quantitative estimate of drug-likeness (QED) is 0.530. The largest absolute Gasteiger partial charge is 0.456 e. The predicted molar refractivity (Wildman–Crippen MR) is 95.4 cm³/mol. The number of benzene rings is 1. The molecule has 2 aliphatic rings. The van der Waals surface area contributed by atoms with Crippen LogP contribution in [0.2, 0.25) is 0 Å². The number of hydrogen-bond donors (Lipinski definition) is 0. The van der Waals surface area contributed by atoms with Gasteiger partial charge in [0, 0.05) is 20.8 Å². The molecule has 1 aromatic rings. The molecule has 0 bridgehead atoms. The average molecular weight is 406 g/mol. The number of esters is 4. The molecule has 156 valence electrons. The molecule has 1 aromatic carbocycles. The third-order valence-electron chi connectivity index (χ3n) is 4.86. The fraction of sp³-hybridized carbons (Fsp3) is 0.500. The Morgan fingerprint density at radius 2 is 1.52 bits per heavy atom. The molecule has 9 nitrogen and oxygen atoms in total. The second kappa shape index (κ2) is 8.20. The van der Waals surface area contributed by atoms with E-state index in [-0.39, 0.29) is 0 Å². The molecular weight excluding hydrogens is 384 g/mol. The minimum Gasteiger partial charge on any atom is -0.456 e. The van der Waals surface area contributed by atoms with Crippen molar-refractivity contribution in [3.63, 3.8) is 0 Å². The number of ether oxygens (including phenoxy) is 5. The van der Waals surface area contributed by atoms with Crippen molar-refractivity contribution in [3.05, 3.63) is 35.9 Å². The highest BCUT2D eigenvalue weighted by Gasteiger charge is 2.69. The van der Waals surface area contributed by atoms with Crippen LogP contribution in [0.5, 0.6) is 0 Å². The number of carbonyl (C=O) groups is 4. The molecule has 3 unspecified atom stereocenters. The second-order valence-electron chi connectivity index (χ2n) is 6.95. The van der Waals surface area contributed by atoms with E-state index >= 15 is 0 Å². The minimum absolute atomic E-state index is 0.352. The van der Waals surface area contributed by atoms with E-state index in [4.69, 9.17) is 23.7 Å². The van der Waals surface area contributed by atoms with Crippen LogP contribution in [0.3, 0.4) is 0 Å². The first kappa shape index (κ1) is 20.8. The second-order valence-corrected chi connectivity index (χ2v) is 6.95. The minimum atomic E-state index is -1.29. The van der Waals surface area contributed by atoms with Crippen LogP contribution in [0.15, 0.2) is 30.3 Å². The van der Waals surface area contributed by atoms with Crippen molar-refractivity contribution in [1.82, 2.24) is 0 Å². The Labute approximate surface area is 167 Å². The van der Waals surface area contributed by atoms with E-state index in [0.29, 0.717) is 18.4 Å². The van der Waals surface area contributed by atoms with Crippen molar-refractivity contribution in [2.75, 3.05) is 0 Å². The SMILES string of the molecule is CC(=O)OC1O[C@]2(CC[C@H]2OC(=O)c2ccccc2)C(OC(C)=O)C1OC(C)=O. The summed E-state index contributed by atoms with van der Waals surface area (Å²) in [6, 6.07) is 8.39. The molecule has 0 N–H and O–H groups in total. The molecule has 0 aromatic heterocycles. The Bertz CT molecular complexity index is 805. The van der Waals surface area contributed by atoms with Crippen molar-refractivity contribution < 1.29 is 42.9 Å². The summed E-state index contributed by atoms with van der Waals surface area (Å²) in [5, 5.41) is 0. The highest BCUT2D eigenvalue weighted by Crippen LogP contribution is 2.50. The summed E-state index contributed by atoms with van der Waals surface area (Å²) in [6.45, 7) is 3.55. The van der Waals surface area contributed by atoms with Crippen molar-refractivity contribution in [2.24, 2.45) is 0 Å². The monoisotopic (exact) mass is 406 g/mol. The third-order valence-corrected chi connectivity index (χ3v) is 4.86. The van der Waals surface area contributed by atoms with E-state index in [1.54, 1.807) is 30.3 Å². The molecule has 1 spiro atoms. The van der Waals surface area contributed by atoms with E-state index < -0.39 is 54.1 Å². The lowest BCUT2D eigenvalue weighted by atomic mass is 9.72. The van der Waals surface area contributed by atoms with E-state index in [2.05, 4.69) is 0 Å². The number of rotatable bonds is 5. The van der Waals surface area contributed by atoms with Crippen LogP contribution < -0.4 is 0 Å². The zero-order valence-corrected chi connectivity index (χ0v) is 16.3. The van der Waals surface area contributed by atoms with Crippen LogP contribution in [-0.2, 0) is 38.1 Å². The average Bonchev–Trinajstić information content (AvgIpc) is 2.93. The maximum absolute atomic E-state index is 12.5. The maximum atomic E-state index is 12.5. The van der Waals surface area contributed by atoms with Gasteiger partial charge in [-0.05, 0) is 25.0 Å². The summed E-state index contributed by atoms with van der Waals surface area (Å²) < 4.78 is 27.3. The molecule has 2 fully saturated rings. The standard InChI is InChI=1S/C20H22O9/c1-11(21)25-16-17(26-12(2)22)20(29-19(16)27-13(3)23)10-9-15(20)28-18(24)14-7-5-4-6-8-14/h4-8,15-17,19H,9-10H2,1-3H3/t15-,16?,17?,19?,20+/m1/s1. The molecule has 5 atom stereocenters. The normalized spacial score (nSPS) is 30.2. The molecule has 3 rings (SSSR count). The Morgan fingerprint density at radius 1 is 0.897 bits per heavy atom. The van der Waals surface area contributed by atoms with Crippen LogP contribution in [-0.4, -0.2) is 54.1 Å².